The van der Waals surface area contributed by atoms with E-state index >= 15 is 0 Å². The van der Waals surface area contributed by atoms with Crippen molar-refractivity contribution >= 4 is 5.97 Å². The zero-order valence-corrected chi connectivity index (χ0v) is 12.4. The van der Waals surface area contributed by atoms with Crippen LogP contribution >= 0.6 is 0 Å². The highest BCUT2D eigenvalue weighted by Crippen LogP contribution is 1.99. The van der Waals surface area contributed by atoms with Crippen molar-refractivity contribution in [2.45, 2.75) is 19.8 Å². The maximum Gasteiger partial charge on any atom is 0.302 e. The number of aliphatic hydroxyl groups is 1. The Morgan fingerprint density at radius 2 is 1.38 bits per heavy atom. The number of rotatable bonds is 5. The second kappa shape index (κ2) is 10.6. The minimum absolute atomic E-state index is 0.217. The molecule has 0 aliphatic rings. The lowest BCUT2D eigenvalue weighted by Gasteiger charge is -2.00. The third-order valence-electron chi connectivity index (χ3n) is 2.78. The van der Waals surface area contributed by atoms with E-state index in [1.165, 1.54) is 18.1 Å². The first-order valence-corrected chi connectivity index (χ1v) is 7.04. The van der Waals surface area contributed by atoms with Crippen LogP contribution in [0.15, 0.2) is 60.7 Å². The Morgan fingerprint density at radius 3 is 1.81 bits per heavy atom. The fraction of sp³-hybridized carbons (Fsp3) is 0.278. The molecule has 0 unspecified atom stereocenters. The molecule has 0 heterocycles. The zero-order valence-electron chi connectivity index (χ0n) is 12.4. The number of benzene rings is 2. The molecule has 0 saturated heterocycles. The molecule has 0 spiro atoms. The van der Waals surface area contributed by atoms with Gasteiger partial charge in [-0.1, -0.05) is 60.7 Å². The Hall–Kier alpha value is -2.13. The number of ether oxygens (including phenoxy) is 1. The number of carbonyl (C=O) groups excluding carboxylic acids is 1. The zero-order chi connectivity index (χ0) is 15.3. The third-order valence-corrected chi connectivity index (χ3v) is 2.78. The summed E-state index contributed by atoms with van der Waals surface area (Å²) in [5, 5.41) is 8.52. The summed E-state index contributed by atoms with van der Waals surface area (Å²) in [7, 11) is 0. The first kappa shape index (κ1) is 16.9. The van der Waals surface area contributed by atoms with Gasteiger partial charge in [0.05, 0.1) is 6.61 Å². The Morgan fingerprint density at radius 1 is 0.905 bits per heavy atom. The molecule has 2 aromatic rings. The number of hydrogen-bond acceptors (Lipinski definition) is 3. The van der Waals surface area contributed by atoms with Crippen LogP contribution in [0.5, 0.6) is 0 Å². The van der Waals surface area contributed by atoms with E-state index in [1.807, 2.05) is 60.7 Å². The number of aliphatic hydroxyl groups excluding tert-OH is 1. The highest BCUT2D eigenvalue weighted by atomic mass is 16.5. The van der Waals surface area contributed by atoms with Gasteiger partial charge < -0.3 is 9.84 Å². The predicted molar refractivity (Wildman–Crippen MR) is 84.0 cm³/mol. The van der Waals surface area contributed by atoms with E-state index in [4.69, 9.17) is 9.84 Å². The van der Waals surface area contributed by atoms with E-state index in [1.54, 1.807) is 0 Å². The Labute approximate surface area is 126 Å². The molecule has 21 heavy (non-hydrogen) atoms. The smallest absolute Gasteiger partial charge is 0.302 e. The van der Waals surface area contributed by atoms with Crippen LogP contribution in [0.2, 0.25) is 0 Å². The highest BCUT2D eigenvalue weighted by Gasteiger charge is 1.93. The highest BCUT2D eigenvalue weighted by molar-refractivity contribution is 5.65. The van der Waals surface area contributed by atoms with Crippen molar-refractivity contribution in [1.82, 2.24) is 0 Å². The van der Waals surface area contributed by atoms with E-state index in [9.17, 15) is 4.79 Å². The lowest BCUT2D eigenvalue weighted by Crippen LogP contribution is -2.02. The van der Waals surface area contributed by atoms with E-state index < -0.39 is 0 Å². The van der Waals surface area contributed by atoms with Gasteiger partial charge in [0.1, 0.15) is 0 Å². The summed E-state index contributed by atoms with van der Waals surface area (Å²) in [5.74, 6) is -0.217. The van der Waals surface area contributed by atoms with Gasteiger partial charge in [0.25, 0.3) is 0 Å². The molecule has 0 aliphatic carbocycles. The molecule has 0 amide bonds. The van der Waals surface area contributed by atoms with Gasteiger partial charge in [-0.3, -0.25) is 4.79 Å². The minimum Gasteiger partial charge on any atom is -0.466 e. The minimum atomic E-state index is -0.217. The van der Waals surface area contributed by atoms with Crippen molar-refractivity contribution in [3.63, 3.8) is 0 Å². The van der Waals surface area contributed by atoms with Gasteiger partial charge in [-0.15, -0.1) is 0 Å². The molecule has 0 fully saturated rings. The summed E-state index contributed by atoms with van der Waals surface area (Å²) >= 11 is 0. The molecule has 0 bridgehead atoms. The molecular formula is C18H22O3. The van der Waals surface area contributed by atoms with E-state index in [2.05, 4.69) is 0 Å². The van der Waals surface area contributed by atoms with Gasteiger partial charge >= 0.3 is 5.97 Å². The molecule has 2 aromatic carbocycles. The molecule has 3 heteroatoms. The van der Waals surface area contributed by atoms with Crippen molar-refractivity contribution in [2.75, 3.05) is 13.2 Å². The first-order chi connectivity index (χ1) is 10.2. The molecule has 0 radical (unpaired) electrons. The molecule has 0 aromatic heterocycles. The van der Waals surface area contributed by atoms with Gasteiger partial charge in [0.15, 0.2) is 0 Å². The number of carbonyl (C=O) groups is 1. The summed E-state index contributed by atoms with van der Waals surface area (Å²) in [6.07, 6.45) is 1.56. The predicted octanol–water partition coefficient (Wildman–Crippen LogP) is 3.01. The molecule has 0 saturated carbocycles. The summed E-state index contributed by atoms with van der Waals surface area (Å²) < 4.78 is 4.81. The van der Waals surface area contributed by atoms with Gasteiger partial charge in [-0.2, -0.15) is 0 Å². The quantitative estimate of drug-likeness (QED) is 0.859. The van der Waals surface area contributed by atoms with E-state index in [0.717, 1.165) is 12.8 Å². The average molecular weight is 286 g/mol. The van der Waals surface area contributed by atoms with E-state index in [-0.39, 0.29) is 12.6 Å². The van der Waals surface area contributed by atoms with Crippen LogP contribution in [0.4, 0.5) is 0 Å². The summed E-state index contributed by atoms with van der Waals surface area (Å²) in [4.78, 5) is 10.4. The molecule has 0 aliphatic heterocycles. The Balaban J connectivity index is 0.000000219. The lowest BCUT2D eigenvalue weighted by molar-refractivity contribution is -0.140. The van der Waals surface area contributed by atoms with Gasteiger partial charge in [-0.05, 0) is 17.5 Å². The van der Waals surface area contributed by atoms with Gasteiger partial charge in [0.2, 0.25) is 0 Å². The number of esters is 1. The molecule has 1 N–H and O–H groups in total. The average Bonchev–Trinajstić information content (AvgIpc) is 2.50. The van der Waals surface area contributed by atoms with Gasteiger partial charge in [0, 0.05) is 20.0 Å². The fourth-order valence-electron chi connectivity index (χ4n) is 1.73. The lowest BCUT2D eigenvalue weighted by atomic mass is 10.2. The maximum absolute atomic E-state index is 10.4. The molecular weight excluding hydrogens is 264 g/mol. The maximum atomic E-state index is 10.4. The van der Waals surface area contributed by atoms with Crippen molar-refractivity contribution in [2.24, 2.45) is 0 Å². The molecule has 112 valence electrons. The largest absolute Gasteiger partial charge is 0.466 e. The normalized spacial score (nSPS) is 9.43. The van der Waals surface area contributed by atoms with Crippen LogP contribution in [0.1, 0.15) is 18.1 Å². The topological polar surface area (TPSA) is 46.5 Å². The second-order valence-corrected chi connectivity index (χ2v) is 4.53. The van der Waals surface area contributed by atoms with Crippen LogP contribution < -0.4 is 0 Å². The molecule has 2 rings (SSSR count). The standard InChI is InChI=1S/C10H12O2.C8H10O/c1-9(11)12-8-7-10-5-3-2-4-6-10;9-7-6-8-4-2-1-3-5-8/h2-6H,7-8H2,1H3;1-5,9H,6-7H2. The van der Waals surface area contributed by atoms with Crippen molar-refractivity contribution in [3.05, 3.63) is 71.8 Å². The summed E-state index contributed by atoms with van der Waals surface area (Å²) in [6, 6.07) is 19.9. The second-order valence-electron chi connectivity index (χ2n) is 4.53. The summed E-state index contributed by atoms with van der Waals surface area (Å²) in [5.41, 5.74) is 2.39. The fourth-order valence-corrected chi connectivity index (χ4v) is 1.73. The third kappa shape index (κ3) is 8.60. The SMILES string of the molecule is CC(=O)OCCc1ccccc1.OCCc1ccccc1. The van der Waals surface area contributed by atoms with Crippen molar-refractivity contribution < 1.29 is 14.6 Å². The van der Waals surface area contributed by atoms with Crippen molar-refractivity contribution in [3.8, 4) is 0 Å². The van der Waals surface area contributed by atoms with Crippen molar-refractivity contribution in [1.29, 1.82) is 0 Å². The number of hydrogen-bond donors (Lipinski definition) is 1. The van der Waals surface area contributed by atoms with Crippen LogP contribution in [0, 0.1) is 0 Å². The molecule has 0 atom stereocenters. The first-order valence-electron chi connectivity index (χ1n) is 7.04. The van der Waals surface area contributed by atoms with E-state index in [0.29, 0.717) is 6.61 Å². The molecule has 3 nitrogen and oxygen atoms in total. The Bertz CT molecular complexity index is 494. The van der Waals surface area contributed by atoms with Crippen LogP contribution in [0.3, 0.4) is 0 Å². The Kier molecular flexibility index (Phi) is 8.57. The summed E-state index contributed by atoms with van der Waals surface area (Å²) in [6.45, 7) is 2.13. The monoisotopic (exact) mass is 286 g/mol. The van der Waals surface area contributed by atoms with Crippen LogP contribution in [-0.2, 0) is 22.4 Å². The van der Waals surface area contributed by atoms with Crippen LogP contribution in [0.25, 0.3) is 0 Å². The van der Waals surface area contributed by atoms with Gasteiger partial charge in [-0.25, -0.2) is 0 Å². The van der Waals surface area contributed by atoms with Crippen LogP contribution in [-0.4, -0.2) is 24.3 Å².